The number of sulfonamides is 1. The fraction of sp³-hybridized carbons (Fsp3) is 0.594. The number of ether oxygens (including phenoxy) is 1. The predicted molar refractivity (Wildman–Crippen MR) is 161 cm³/mol. The van der Waals surface area contributed by atoms with Gasteiger partial charge in [0.1, 0.15) is 6.10 Å². The lowest BCUT2D eigenvalue weighted by atomic mass is 9.80. The summed E-state index contributed by atoms with van der Waals surface area (Å²) >= 11 is 0. The van der Waals surface area contributed by atoms with E-state index >= 15 is 8.78 Å². The molecule has 2 aromatic carbocycles. The molecule has 3 aliphatic rings. The van der Waals surface area contributed by atoms with E-state index in [1.165, 1.54) is 33.5 Å². The molecule has 8 nitrogen and oxygen atoms in total. The van der Waals surface area contributed by atoms with E-state index in [1.807, 2.05) is 25.7 Å². The molecular formula is C32H40F5N3O5S. The van der Waals surface area contributed by atoms with Crippen molar-refractivity contribution in [3.05, 3.63) is 64.7 Å². The normalized spacial score (nSPS) is 22.9. The first kappa shape index (κ1) is 34.4. The van der Waals surface area contributed by atoms with Crippen LogP contribution in [0.4, 0.5) is 26.7 Å². The zero-order chi connectivity index (χ0) is 33.6. The van der Waals surface area contributed by atoms with Gasteiger partial charge in [-0.2, -0.15) is 13.2 Å². The molecule has 14 heteroatoms. The summed E-state index contributed by atoms with van der Waals surface area (Å²) in [6.07, 6.45) is -4.74. The standard InChI is InChI=1S/C32H40F5N3O5S/c1-31(2,3)28-16-25(10-13-40(28)30(41)42)46(43,44)39-11-8-21(9-12-39)22-14-26(33)29(27(34)15-22)45-24-18-38(19-24)17-20-4-6-23(7-5-20)32(35,36)37/h4-7,14-15,21,24-25,28H,8-13,16-19H2,1-3H3,(H,41,42). The molecule has 2 unspecified atom stereocenters. The number of hydrogen-bond donors (Lipinski definition) is 1. The molecule has 1 N–H and O–H groups in total. The Morgan fingerprint density at radius 1 is 0.957 bits per heavy atom. The number of piperidine rings is 2. The van der Waals surface area contributed by atoms with Crippen molar-refractivity contribution in [1.29, 1.82) is 0 Å². The molecule has 1 amide bonds. The van der Waals surface area contributed by atoms with Crippen LogP contribution in [0.1, 0.15) is 69.1 Å². The van der Waals surface area contributed by atoms with E-state index < -0.39 is 68.1 Å². The fourth-order valence-corrected chi connectivity index (χ4v) is 8.76. The van der Waals surface area contributed by atoms with Crippen LogP contribution in [0.5, 0.6) is 5.75 Å². The Hall–Kier alpha value is -2.97. The zero-order valence-electron chi connectivity index (χ0n) is 26.1. The molecule has 0 radical (unpaired) electrons. The summed E-state index contributed by atoms with van der Waals surface area (Å²) in [5.74, 6) is -2.41. The third-order valence-corrected chi connectivity index (χ3v) is 11.8. The summed E-state index contributed by atoms with van der Waals surface area (Å²) in [5, 5.41) is 8.92. The van der Waals surface area contributed by atoms with Crippen LogP contribution in [0.3, 0.4) is 0 Å². The summed E-state index contributed by atoms with van der Waals surface area (Å²) in [5.41, 5.74) is -0.0449. The highest BCUT2D eigenvalue weighted by Gasteiger charge is 2.45. The second-order valence-electron chi connectivity index (χ2n) is 13.7. The quantitative estimate of drug-likeness (QED) is 0.347. The first-order valence-electron chi connectivity index (χ1n) is 15.5. The Bertz CT molecular complexity index is 1490. The van der Waals surface area contributed by atoms with Crippen molar-refractivity contribution in [2.24, 2.45) is 5.41 Å². The number of carboxylic acid groups (broad SMARTS) is 1. The van der Waals surface area contributed by atoms with Crippen LogP contribution >= 0.6 is 0 Å². The van der Waals surface area contributed by atoms with Crippen molar-refractivity contribution >= 4 is 16.1 Å². The molecule has 3 aliphatic heterocycles. The Kier molecular flexibility index (Phi) is 9.65. The molecule has 5 rings (SSSR count). The summed E-state index contributed by atoms with van der Waals surface area (Å²) in [6, 6.07) is 6.89. The number of amides is 1. The second-order valence-corrected chi connectivity index (χ2v) is 15.9. The van der Waals surface area contributed by atoms with Gasteiger partial charge in [-0.15, -0.1) is 0 Å². The third-order valence-electron chi connectivity index (χ3n) is 9.42. The lowest BCUT2D eigenvalue weighted by Gasteiger charge is -2.45. The lowest BCUT2D eigenvalue weighted by Crippen LogP contribution is -2.56. The highest BCUT2D eigenvalue weighted by atomic mass is 32.2. The van der Waals surface area contributed by atoms with Crippen LogP contribution in [0.15, 0.2) is 36.4 Å². The molecule has 3 fully saturated rings. The van der Waals surface area contributed by atoms with E-state index in [0.29, 0.717) is 43.6 Å². The summed E-state index contributed by atoms with van der Waals surface area (Å²) in [7, 11) is -3.70. The minimum atomic E-state index is -4.41. The monoisotopic (exact) mass is 673 g/mol. The highest BCUT2D eigenvalue weighted by molar-refractivity contribution is 7.89. The number of rotatable bonds is 7. The molecule has 0 saturated carbocycles. The average Bonchev–Trinajstić information content (AvgIpc) is 2.96. The van der Waals surface area contributed by atoms with E-state index in [0.717, 1.165) is 12.1 Å². The van der Waals surface area contributed by atoms with Gasteiger partial charge in [0.15, 0.2) is 17.4 Å². The van der Waals surface area contributed by atoms with Crippen molar-refractivity contribution in [3.63, 3.8) is 0 Å². The van der Waals surface area contributed by atoms with Gasteiger partial charge >= 0.3 is 12.3 Å². The number of likely N-dealkylation sites (tertiary alicyclic amines) is 2. The van der Waals surface area contributed by atoms with Gasteiger partial charge in [-0.1, -0.05) is 32.9 Å². The van der Waals surface area contributed by atoms with E-state index in [-0.39, 0.29) is 38.4 Å². The average molecular weight is 674 g/mol. The van der Waals surface area contributed by atoms with Gasteiger partial charge in [-0.05, 0) is 72.4 Å². The molecule has 2 atom stereocenters. The van der Waals surface area contributed by atoms with Crippen molar-refractivity contribution in [3.8, 4) is 5.75 Å². The number of alkyl halides is 3. The second kappa shape index (κ2) is 12.9. The number of benzene rings is 2. The van der Waals surface area contributed by atoms with Gasteiger partial charge < -0.3 is 14.7 Å². The van der Waals surface area contributed by atoms with Crippen LogP contribution in [-0.4, -0.2) is 83.8 Å². The van der Waals surface area contributed by atoms with Gasteiger partial charge in [0.05, 0.1) is 10.8 Å². The molecule has 0 aliphatic carbocycles. The lowest BCUT2D eigenvalue weighted by molar-refractivity contribution is -0.137. The van der Waals surface area contributed by atoms with Crippen LogP contribution < -0.4 is 4.74 Å². The first-order chi connectivity index (χ1) is 21.4. The van der Waals surface area contributed by atoms with Crippen LogP contribution in [0, 0.1) is 17.0 Å². The van der Waals surface area contributed by atoms with Crippen LogP contribution in [-0.2, 0) is 22.7 Å². The summed E-state index contributed by atoms with van der Waals surface area (Å²) in [4.78, 5) is 15.0. The van der Waals surface area contributed by atoms with Crippen LogP contribution in [0.2, 0.25) is 0 Å². The van der Waals surface area contributed by atoms with E-state index in [4.69, 9.17) is 4.74 Å². The fourth-order valence-electron chi connectivity index (χ4n) is 6.79. The molecule has 0 bridgehead atoms. The Morgan fingerprint density at radius 3 is 2.07 bits per heavy atom. The number of halogens is 5. The molecular weight excluding hydrogens is 633 g/mol. The largest absolute Gasteiger partial charge is 0.482 e. The molecule has 3 saturated heterocycles. The van der Waals surface area contributed by atoms with Crippen molar-refractivity contribution in [1.82, 2.24) is 14.1 Å². The molecule has 0 spiro atoms. The Morgan fingerprint density at radius 2 is 1.54 bits per heavy atom. The van der Waals surface area contributed by atoms with Gasteiger partial charge in [0.2, 0.25) is 10.0 Å². The maximum absolute atomic E-state index is 15.1. The van der Waals surface area contributed by atoms with E-state index in [9.17, 15) is 31.5 Å². The topological polar surface area (TPSA) is 90.4 Å². The molecule has 46 heavy (non-hydrogen) atoms. The van der Waals surface area contributed by atoms with Gasteiger partial charge in [0.25, 0.3) is 0 Å². The van der Waals surface area contributed by atoms with Gasteiger partial charge in [0, 0.05) is 45.3 Å². The van der Waals surface area contributed by atoms with Crippen LogP contribution in [0.25, 0.3) is 0 Å². The number of hydrogen-bond acceptors (Lipinski definition) is 5. The zero-order valence-corrected chi connectivity index (χ0v) is 26.9. The number of nitrogens with zero attached hydrogens (tertiary/aromatic N) is 3. The highest BCUT2D eigenvalue weighted by Crippen LogP contribution is 2.38. The third kappa shape index (κ3) is 7.44. The minimum Gasteiger partial charge on any atom is -0.482 e. The molecule has 2 aromatic rings. The SMILES string of the molecule is CC(C)(C)C1CC(S(=O)(=O)N2CCC(c3cc(F)c(OC4CN(Cc5ccc(C(F)(F)F)cc5)C4)c(F)c3)CC2)CCN1C(=O)O. The Labute approximate surface area is 266 Å². The van der Waals surface area contributed by atoms with Crippen molar-refractivity contribution < 1.29 is 45.0 Å². The predicted octanol–water partition coefficient (Wildman–Crippen LogP) is 6.31. The van der Waals surface area contributed by atoms with Crippen molar-refractivity contribution in [2.45, 2.75) is 82.5 Å². The molecule has 0 aromatic heterocycles. The number of carbonyl (C=O) groups is 1. The first-order valence-corrected chi connectivity index (χ1v) is 17.0. The Balaban J connectivity index is 1.14. The summed E-state index contributed by atoms with van der Waals surface area (Å²) < 4.78 is 103. The maximum atomic E-state index is 15.1. The summed E-state index contributed by atoms with van der Waals surface area (Å²) in [6.45, 7) is 7.34. The minimum absolute atomic E-state index is 0.142. The van der Waals surface area contributed by atoms with Gasteiger partial charge in [-0.3, -0.25) is 4.90 Å². The molecule has 3 heterocycles. The smallest absolute Gasteiger partial charge is 0.416 e. The maximum Gasteiger partial charge on any atom is 0.416 e. The molecule has 254 valence electrons. The van der Waals surface area contributed by atoms with E-state index in [1.54, 1.807) is 0 Å². The van der Waals surface area contributed by atoms with Crippen molar-refractivity contribution in [2.75, 3.05) is 32.7 Å². The van der Waals surface area contributed by atoms with E-state index in [2.05, 4.69) is 0 Å². The van der Waals surface area contributed by atoms with Gasteiger partial charge in [-0.25, -0.2) is 26.3 Å².